The van der Waals surface area contributed by atoms with E-state index in [1.165, 1.54) is 11.1 Å². The predicted octanol–water partition coefficient (Wildman–Crippen LogP) is 5.49. The van der Waals surface area contributed by atoms with E-state index in [1.54, 1.807) is 0 Å². The Kier molecular flexibility index (Phi) is 6.74. The van der Waals surface area contributed by atoms with Crippen molar-refractivity contribution in [2.75, 3.05) is 13.6 Å². The molecule has 0 saturated carbocycles. The van der Waals surface area contributed by atoms with Crippen LogP contribution in [0.4, 0.5) is 0 Å². The Morgan fingerprint density at radius 2 is 1.81 bits per heavy atom. The molecule has 2 aromatic rings. The second-order valence-corrected chi connectivity index (χ2v) is 7.44. The van der Waals surface area contributed by atoms with Crippen LogP contribution in [-0.4, -0.2) is 13.6 Å². The van der Waals surface area contributed by atoms with Crippen LogP contribution in [0.1, 0.15) is 11.1 Å². The number of nitrogens with one attached hydrogen (secondary N) is 1. The number of hydrogen-bond donors (Lipinski definition) is 1. The van der Waals surface area contributed by atoms with Gasteiger partial charge < -0.3 is 5.32 Å². The normalized spacial score (nSPS) is 12.4. The van der Waals surface area contributed by atoms with Crippen molar-refractivity contribution in [1.82, 2.24) is 5.32 Å². The van der Waals surface area contributed by atoms with Crippen LogP contribution in [0.25, 0.3) is 0 Å². The van der Waals surface area contributed by atoms with Gasteiger partial charge in [0.1, 0.15) is 0 Å². The molecule has 4 heteroatoms. The van der Waals surface area contributed by atoms with Gasteiger partial charge in [0.25, 0.3) is 0 Å². The smallest absolute Gasteiger partial charge is 0.0449 e. The fourth-order valence-electron chi connectivity index (χ4n) is 2.50. The highest BCUT2D eigenvalue weighted by Crippen LogP contribution is 2.25. The molecule has 1 nitrogen and oxygen atoms in total. The molecule has 0 heterocycles. The molecule has 1 N–H and O–H groups in total. The van der Waals surface area contributed by atoms with E-state index in [0.29, 0.717) is 5.92 Å². The topological polar surface area (TPSA) is 12.0 Å². The maximum absolute atomic E-state index is 6.34. The van der Waals surface area contributed by atoms with Crippen molar-refractivity contribution in [2.45, 2.75) is 12.8 Å². The highest BCUT2D eigenvalue weighted by Gasteiger charge is 2.12. The van der Waals surface area contributed by atoms with E-state index in [2.05, 4.69) is 73.6 Å². The van der Waals surface area contributed by atoms with E-state index in [9.17, 15) is 0 Å². The zero-order valence-corrected chi connectivity index (χ0v) is 15.8. The first-order chi connectivity index (χ1) is 10.1. The highest BCUT2D eigenvalue weighted by atomic mass is 79.9. The third-order valence-electron chi connectivity index (χ3n) is 3.43. The zero-order valence-electron chi connectivity index (χ0n) is 11.9. The molecule has 0 saturated heterocycles. The lowest BCUT2D eigenvalue weighted by molar-refractivity contribution is 0.493. The molecule has 1 atom stereocenters. The Hall–Kier alpha value is -0.350. The summed E-state index contributed by atoms with van der Waals surface area (Å²) in [5, 5.41) is 4.12. The Balaban J connectivity index is 2.11. The van der Waals surface area contributed by atoms with E-state index >= 15 is 0 Å². The first-order valence-electron chi connectivity index (χ1n) is 6.91. The average molecular weight is 432 g/mol. The van der Waals surface area contributed by atoms with Gasteiger partial charge in [-0.1, -0.05) is 61.7 Å². The van der Waals surface area contributed by atoms with Gasteiger partial charge in [-0.05, 0) is 67.7 Å². The number of benzene rings is 2. The van der Waals surface area contributed by atoms with Crippen LogP contribution in [0.3, 0.4) is 0 Å². The van der Waals surface area contributed by atoms with Crippen LogP contribution < -0.4 is 5.32 Å². The van der Waals surface area contributed by atoms with Crippen molar-refractivity contribution < 1.29 is 0 Å². The second-order valence-electron chi connectivity index (χ2n) is 5.20. The molecule has 0 bridgehead atoms. The summed E-state index contributed by atoms with van der Waals surface area (Å²) in [5.41, 5.74) is 2.55. The summed E-state index contributed by atoms with van der Waals surface area (Å²) in [4.78, 5) is 0. The molecular weight excluding hydrogens is 413 g/mol. The van der Waals surface area contributed by atoms with Crippen molar-refractivity contribution in [3.63, 3.8) is 0 Å². The standard InChI is InChI=1S/C17H18Br2ClN/c1-21-11-13(7-12-3-2-4-15(18)9-12)8-14-5-6-16(19)10-17(14)20/h2-6,9-10,13,21H,7-8,11H2,1H3. The summed E-state index contributed by atoms with van der Waals surface area (Å²) in [6, 6.07) is 14.6. The predicted molar refractivity (Wildman–Crippen MR) is 98.1 cm³/mol. The Labute approximate surface area is 148 Å². The third-order valence-corrected chi connectivity index (χ3v) is 4.77. The maximum atomic E-state index is 6.34. The summed E-state index contributed by atoms with van der Waals surface area (Å²) in [6.07, 6.45) is 2.01. The first kappa shape index (κ1) is 17.0. The molecule has 1 unspecified atom stereocenters. The highest BCUT2D eigenvalue weighted by molar-refractivity contribution is 9.10. The fourth-order valence-corrected chi connectivity index (χ4v) is 3.70. The lowest BCUT2D eigenvalue weighted by atomic mass is 9.92. The van der Waals surface area contributed by atoms with Gasteiger partial charge in [-0.15, -0.1) is 0 Å². The van der Waals surface area contributed by atoms with Crippen LogP contribution in [-0.2, 0) is 12.8 Å². The fraction of sp³-hybridized carbons (Fsp3) is 0.294. The van der Waals surface area contributed by atoms with E-state index in [-0.39, 0.29) is 0 Å². The van der Waals surface area contributed by atoms with Crippen LogP contribution in [0, 0.1) is 5.92 Å². The summed E-state index contributed by atoms with van der Waals surface area (Å²) >= 11 is 13.3. The largest absolute Gasteiger partial charge is 0.319 e. The molecule has 0 fully saturated rings. The van der Waals surface area contributed by atoms with Gasteiger partial charge in [0, 0.05) is 14.0 Å². The summed E-state index contributed by atoms with van der Waals surface area (Å²) in [7, 11) is 2.00. The SMILES string of the molecule is CNCC(Cc1cccc(Br)c1)Cc1ccc(Br)cc1Cl. The van der Waals surface area contributed by atoms with E-state index in [4.69, 9.17) is 11.6 Å². The zero-order chi connectivity index (χ0) is 15.2. The number of halogens is 3. The number of rotatable bonds is 6. The minimum absolute atomic E-state index is 0.517. The molecule has 2 rings (SSSR count). The Bertz CT molecular complexity index is 601. The molecule has 0 spiro atoms. The van der Waals surface area contributed by atoms with Gasteiger partial charge in [-0.25, -0.2) is 0 Å². The van der Waals surface area contributed by atoms with Crippen molar-refractivity contribution >= 4 is 43.5 Å². The molecule has 0 aliphatic rings. The van der Waals surface area contributed by atoms with Crippen molar-refractivity contribution in [3.8, 4) is 0 Å². The van der Waals surface area contributed by atoms with Gasteiger partial charge in [0.15, 0.2) is 0 Å². The van der Waals surface area contributed by atoms with Crippen LogP contribution >= 0.6 is 43.5 Å². The molecule has 0 aromatic heterocycles. The van der Waals surface area contributed by atoms with Gasteiger partial charge >= 0.3 is 0 Å². The minimum atomic E-state index is 0.517. The molecule has 0 aliphatic carbocycles. The van der Waals surface area contributed by atoms with E-state index < -0.39 is 0 Å². The summed E-state index contributed by atoms with van der Waals surface area (Å²) in [6.45, 7) is 0.971. The lowest BCUT2D eigenvalue weighted by Gasteiger charge is -2.18. The minimum Gasteiger partial charge on any atom is -0.319 e. The maximum Gasteiger partial charge on any atom is 0.0449 e. The summed E-state index contributed by atoms with van der Waals surface area (Å²) in [5.74, 6) is 0.517. The molecule has 2 aromatic carbocycles. The monoisotopic (exact) mass is 429 g/mol. The Morgan fingerprint density at radius 1 is 1.05 bits per heavy atom. The van der Waals surface area contributed by atoms with Crippen molar-refractivity contribution in [1.29, 1.82) is 0 Å². The number of hydrogen-bond acceptors (Lipinski definition) is 1. The van der Waals surface area contributed by atoms with Gasteiger partial charge in [0.2, 0.25) is 0 Å². The van der Waals surface area contributed by atoms with Crippen molar-refractivity contribution in [2.24, 2.45) is 5.92 Å². The van der Waals surface area contributed by atoms with Gasteiger partial charge in [-0.3, -0.25) is 0 Å². The molecule has 21 heavy (non-hydrogen) atoms. The van der Waals surface area contributed by atoms with E-state index in [0.717, 1.165) is 33.4 Å². The van der Waals surface area contributed by atoms with Crippen LogP contribution in [0.15, 0.2) is 51.4 Å². The second kappa shape index (κ2) is 8.33. The lowest BCUT2D eigenvalue weighted by Crippen LogP contribution is -2.23. The van der Waals surface area contributed by atoms with Crippen LogP contribution in [0.2, 0.25) is 5.02 Å². The first-order valence-corrected chi connectivity index (χ1v) is 8.88. The summed E-state index contributed by atoms with van der Waals surface area (Å²) < 4.78 is 2.15. The quantitative estimate of drug-likeness (QED) is 0.638. The van der Waals surface area contributed by atoms with Crippen molar-refractivity contribution in [3.05, 3.63) is 67.6 Å². The molecule has 0 amide bonds. The van der Waals surface area contributed by atoms with Gasteiger partial charge in [0.05, 0.1) is 0 Å². The molecule has 112 valence electrons. The van der Waals surface area contributed by atoms with E-state index in [1.807, 2.05) is 13.1 Å². The molecule has 0 radical (unpaired) electrons. The molecule has 0 aliphatic heterocycles. The third kappa shape index (κ3) is 5.41. The van der Waals surface area contributed by atoms with Gasteiger partial charge in [-0.2, -0.15) is 0 Å². The Morgan fingerprint density at radius 3 is 2.48 bits per heavy atom. The van der Waals surface area contributed by atoms with Crippen LogP contribution in [0.5, 0.6) is 0 Å². The average Bonchev–Trinajstić information content (AvgIpc) is 2.42. The molecular formula is C17H18Br2ClN.